The number of nitrogens with zero attached hydrogens (tertiary/aromatic N) is 2. The lowest BCUT2D eigenvalue weighted by Gasteiger charge is -2.12. The lowest BCUT2D eigenvalue weighted by molar-refractivity contribution is 1.17. The summed E-state index contributed by atoms with van der Waals surface area (Å²) in [5.41, 5.74) is 9.62. The van der Waals surface area contributed by atoms with Crippen molar-refractivity contribution in [2.75, 3.05) is 0 Å². The van der Waals surface area contributed by atoms with Gasteiger partial charge in [0.2, 0.25) is 0 Å². The molecule has 2 nitrogen and oxygen atoms in total. The minimum Gasteiger partial charge on any atom is -0.309 e. The molecule has 0 amide bonds. The van der Waals surface area contributed by atoms with Gasteiger partial charge in [-0.15, -0.1) is 11.3 Å². The Labute approximate surface area is 331 Å². The third-order valence-electron chi connectivity index (χ3n) is 12.3. The van der Waals surface area contributed by atoms with Crippen molar-refractivity contribution in [2.24, 2.45) is 0 Å². The molecule has 0 unspecified atom stereocenters. The van der Waals surface area contributed by atoms with E-state index in [9.17, 15) is 0 Å². The molecule has 0 saturated heterocycles. The second kappa shape index (κ2) is 11.7. The minimum atomic E-state index is 1.15. The second-order valence-electron chi connectivity index (χ2n) is 15.3. The Morgan fingerprint density at radius 1 is 0.298 bits per heavy atom. The molecule has 3 aromatic heterocycles. The zero-order chi connectivity index (χ0) is 37.2. The zero-order valence-corrected chi connectivity index (χ0v) is 31.6. The summed E-state index contributed by atoms with van der Waals surface area (Å²) < 4.78 is 7.60. The summed E-state index contributed by atoms with van der Waals surface area (Å²) in [5, 5.41) is 15.4. The van der Waals surface area contributed by atoms with Crippen molar-refractivity contribution >= 4 is 107 Å². The number of rotatable bonds is 3. The molecule has 3 heterocycles. The summed E-state index contributed by atoms with van der Waals surface area (Å²) in [6.07, 6.45) is 0. The molecule has 0 fully saturated rings. The molecule has 264 valence electrons. The van der Waals surface area contributed by atoms with Gasteiger partial charge in [0.25, 0.3) is 0 Å². The molecule has 57 heavy (non-hydrogen) atoms. The molecule has 0 spiro atoms. The van der Waals surface area contributed by atoms with Crippen LogP contribution in [0.2, 0.25) is 0 Å². The number of hydrogen-bond donors (Lipinski definition) is 0. The smallest absolute Gasteiger partial charge is 0.0562 e. The summed E-state index contributed by atoms with van der Waals surface area (Å²) in [4.78, 5) is 0. The molecule has 0 bridgehead atoms. The molecule has 0 aliphatic heterocycles. The van der Waals surface area contributed by atoms with Crippen LogP contribution < -0.4 is 0 Å². The molecule has 0 aliphatic carbocycles. The SMILES string of the molecule is c1ccc2c(-c3ccc(-n4c5ccccc5c5cc6c7c8ccccc8ccc7n(-c7ccc8sc9ccc%10ccccc%10c9c8c7)c6cc54)cc3)cccc2c1. The van der Waals surface area contributed by atoms with Gasteiger partial charge in [-0.2, -0.15) is 0 Å². The van der Waals surface area contributed by atoms with Crippen LogP contribution in [0.5, 0.6) is 0 Å². The van der Waals surface area contributed by atoms with Crippen LogP contribution in [0.3, 0.4) is 0 Å². The first-order chi connectivity index (χ1) is 28.3. The van der Waals surface area contributed by atoms with Gasteiger partial charge in [0, 0.05) is 53.1 Å². The van der Waals surface area contributed by atoms with Crippen molar-refractivity contribution in [1.29, 1.82) is 0 Å². The number of fused-ring (bicyclic) bond motifs is 14. The molecule has 13 aromatic rings. The average Bonchev–Trinajstić information content (AvgIpc) is 3.92. The summed E-state index contributed by atoms with van der Waals surface area (Å²) in [6, 6.07) is 72.0. The first-order valence-electron chi connectivity index (χ1n) is 19.6. The highest BCUT2D eigenvalue weighted by Gasteiger charge is 2.21. The number of aromatic nitrogens is 2. The summed E-state index contributed by atoms with van der Waals surface area (Å²) in [6.45, 7) is 0. The van der Waals surface area contributed by atoms with E-state index in [1.54, 1.807) is 0 Å². The Morgan fingerprint density at radius 3 is 1.70 bits per heavy atom. The largest absolute Gasteiger partial charge is 0.309 e. The first-order valence-corrected chi connectivity index (χ1v) is 20.4. The normalized spacial score (nSPS) is 12.2. The lowest BCUT2D eigenvalue weighted by atomic mass is 9.98. The summed E-state index contributed by atoms with van der Waals surface area (Å²) >= 11 is 1.88. The van der Waals surface area contributed by atoms with E-state index in [0.717, 1.165) is 5.69 Å². The minimum absolute atomic E-state index is 1.15. The van der Waals surface area contributed by atoms with Gasteiger partial charge >= 0.3 is 0 Å². The molecule has 10 aromatic carbocycles. The highest BCUT2D eigenvalue weighted by atomic mass is 32.1. The first kappa shape index (κ1) is 31.1. The van der Waals surface area contributed by atoms with Crippen LogP contribution >= 0.6 is 11.3 Å². The zero-order valence-electron chi connectivity index (χ0n) is 30.8. The summed E-state index contributed by atoms with van der Waals surface area (Å²) in [5.74, 6) is 0. The van der Waals surface area contributed by atoms with E-state index < -0.39 is 0 Å². The number of thiophene rings is 1. The molecule has 0 atom stereocenters. The van der Waals surface area contributed by atoms with Gasteiger partial charge in [-0.25, -0.2) is 0 Å². The van der Waals surface area contributed by atoms with Gasteiger partial charge in [0.15, 0.2) is 0 Å². The van der Waals surface area contributed by atoms with Crippen molar-refractivity contribution in [3.05, 3.63) is 194 Å². The van der Waals surface area contributed by atoms with Crippen molar-refractivity contribution in [1.82, 2.24) is 9.13 Å². The molecule has 13 rings (SSSR count). The van der Waals surface area contributed by atoms with Crippen LogP contribution in [0.25, 0.3) is 119 Å². The van der Waals surface area contributed by atoms with Gasteiger partial charge in [0.05, 0.1) is 22.1 Å². The molecule has 0 radical (unpaired) electrons. The van der Waals surface area contributed by atoms with E-state index in [0.29, 0.717) is 0 Å². The monoisotopic (exact) mass is 740 g/mol. The van der Waals surface area contributed by atoms with E-state index in [2.05, 4.69) is 203 Å². The Balaban J connectivity index is 1.11. The van der Waals surface area contributed by atoms with Crippen LogP contribution in [0.4, 0.5) is 0 Å². The van der Waals surface area contributed by atoms with Crippen molar-refractivity contribution in [3.8, 4) is 22.5 Å². The van der Waals surface area contributed by atoms with E-state index in [1.165, 1.54) is 113 Å². The van der Waals surface area contributed by atoms with Crippen LogP contribution in [-0.4, -0.2) is 9.13 Å². The van der Waals surface area contributed by atoms with E-state index in [-0.39, 0.29) is 0 Å². The molecular formula is C54H32N2S. The van der Waals surface area contributed by atoms with Gasteiger partial charge in [-0.3, -0.25) is 0 Å². The standard InChI is InChI=1S/C54H32N2S/c1-4-14-39-33(10-1)13-9-18-40(39)36-20-24-37(25-21-36)55-47-19-8-7-17-43(47)44-31-45-50(32-49(44)55)56(48-27-22-34-11-2-5-15-41(34)53(45)48)38-26-29-51-46(30-38)54-42-16-6-3-12-35(42)23-28-52(54)57-51/h1-32H. The second-order valence-corrected chi connectivity index (χ2v) is 16.4. The number of hydrogen-bond acceptors (Lipinski definition) is 1. The fourth-order valence-electron chi connectivity index (χ4n) is 9.75. The fraction of sp³-hybridized carbons (Fsp3) is 0. The Kier molecular flexibility index (Phi) is 6.35. The lowest BCUT2D eigenvalue weighted by Crippen LogP contribution is -1.96. The predicted octanol–water partition coefficient (Wildman–Crippen LogP) is 15.4. The van der Waals surface area contributed by atoms with E-state index in [1.807, 2.05) is 11.3 Å². The van der Waals surface area contributed by atoms with Crippen molar-refractivity contribution in [3.63, 3.8) is 0 Å². The quantitative estimate of drug-likeness (QED) is 0.171. The summed E-state index contributed by atoms with van der Waals surface area (Å²) in [7, 11) is 0. The highest BCUT2D eigenvalue weighted by Crippen LogP contribution is 2.44. The van der Waals surface area contributed by atoms with Crippen LogP contribution in [-0.2, 0) is 0 Å². The maximum atomic E-state index is 2.51. The molecule has 3 heteroatoms. The predicted molar refractivity (Wildman–Crippen MR) is 246 cm³/mol. The topological polar surface area (TPSA) is 9.86 Å². The van der Waals surface area contributed by atoms with Gasteiger partial charge < -0.3 is 9.13 Å². The fourth-order valence-corrected chi connectivity index (χ4v) is 10.8. The van der Waals surface area contributed by atoms with Gasteiger partial charge in [-0.05, 0) is 104 Å². The van der Waals surface area contributed by atoms with Crippen molar-refractivity contribution < 1.29 is 0 Å². The van der Waals surface area contributed by atoms with Crippen LogP contribution in [0, 0.1) is 0 Å². The highest BCUT2D eigenvalue weighted by molar-refractivity contribution is 7.26. The molecule has 0 N–H and O–H groups in total. The maximum Gasteiger partial charge on any atom is 0.0562 e. The Morgan fingerprint density at radius 2 is 0.895 bits per heavy atom. The molecular weight excluding hydrogens is 709 g/mol. The number of para-hydroxylation sites is 1. The van der Waals surface area contributed by atoms with Crippen LogP contribution in [0.1, 0.15) is 0 Å². The number of benzene rings is 10. The molecule has 0 aliphatic rings. The van der Waals surface area contributed by atoms with Gasteiger partial charge in [0.1, 0.15) is 0 Å². The van der Waals surface area contributed by atoms with Gasteiger partial charge in [-0.1, -0.05) is 133 Å². The third-order valence-corrected chi connectivity index (χ3v) is 13.4. The van der Waals surface area contributed by atoms with E-state index >= 15 is 0 Å². The van der Waals surface area contributed by atoms with Crippen molar-refractivity contribution in [2.45, 2.75) is 0 Å². The third kappa shape index (κ3) is 4.40. The average molecular weight is 741 g/mol. The molecule has 0 saturated carbocycles. The maximum absolute atomic E-state index is 2.51. The Bertz CT molecular complexity index is 3800. The van der Waals surface area contributed by atoms with Crippen LogP contribution in [0.15, 0.2) is 194 Å². The Hall–Kier alpha value is -7.20. The van der Waals surface area contributed by atoms with E-state index in [4.69, 9.17) is 0 Å².